The Hall–Kier alpha value is -1.43. The molecule has 0 heterocycles. The van der Waals surface area contributed by atoms with E-state index in [1.54, 1.807) is 0 Å². The van der Waals surface area contributed by atoms with Crippen LogP contribution < -0.4 is 0 Å². The molecule has 2 aromatic rings. The molecule has 0 radical (unpaired) electrons. The van der Waals surface area contributed by atoms with Crippen LogP contribution in [0.15, 0.2) is 48.5 Å². The molecule has 0 saturated heterocycles. The first kappa shape index (κ1) is 19.9. The van der Waals surface area contributed by atoms with Crippen molar-refractivity contribution in [1.82, 2.24) is 0 Å². The van der Waals surface area contributed by atoms with Crippen LogP contribution in [0.2, 0.25) is 0 Å². The van der Waals surface area contributed by atoms with Crippen LogP contribution in [0.3, 0.4) is 0 Å². The predicted molar refractivity (Wildman–Crippen MR) is 109 cm³/mol. The van der Waals surface area contributed by atoms with E-state index in [0.29, 0.717) is 0 Å². The molecule has 0 aliphatic carbocycles. The minimum absolute atomic E-state index is 0.0443. The monoisotopic (exact) mass is 456 g/mol. The Kier molecular flexibility index (Phi) is 5.92. The van der Waals surface area contributed by atoms with Gasteiger partial charge in [0.2, 0.25) is 0 Å². The predicted octanol–water partition coefficient (Wildman–Crippen LogP) is 6.85. The molecule has 2 rings (SSSR count). The average Bonchev–Trinajstić information content (AvgIpc) is 2.51. The fourth-order valence-electron chi connectivity index (χ4n) is 2.40. The topological polar surface area (TPSA) is 26.3 Å². The summed E-state index contributed by atoms with van der Waals surface area (Å²) in [5.41, 5.74) is 2.48. The van der Waals surface area contributed by atoms with Gasteiger partial charge in [-0.15, -0.1) is 0 Å². The summed E-state index contributed by atoms with van der Waals surface area (Å²) in [6, 6.07) is 16.0. The van der Waals surface area contributed by atoms with Crippen LogP contribution in [0.5, 0.6) is 0 Å². The van der Waals surface area contributed by atoms with Crippen LogP contribution in [0.1, 0.15) is 52.7 Å². The van der Waals surface area contributed by atoms with E-state index >= 15 is 0 Å². The normalized spacial score (nSPS) is 12.7. The molecule has 0 fully saturated rings. The standard InChI is InChI=1S/C21H26FIO2/c1-20(2,3)15-7-11-17(12-8-15)23(25-19(22)24)18-13-9-16(10-14-18)21(4,5)6/h7-14H,1-6H3. The summed E-state index contributed by atoms with van der Waals surface area (Å²) >= 11 is -2.59. The van der Waals surface area contributed by atoms with E-state index in [1.807, 2.05) is 48.5 Å². The average molecular weight is 456 g/mol. The summed E-state index contributed by atoms with van der Waals surface area (Å²) in [5.74, 6) is 0. The van der Waals surface area contributed by atoms with Crippen LogP contribution in [0.25, 0.3) is 0 Å². The van der Waals surface area contributed by atoms with E-state index in [-0.39, 0.29) is 10.8 Å². The summed E-state index contributed by atoms with van der Waals surface area (Å²) in [7, 11) is 0. The Bertz CT molecular complexity index is 665. The first-order valence-electron chi connectivity index (χ1n) is 8.27. The molecule has 0 saturated carbocycles. The molecule has 4 heteroatoms. The fraction of sp³-hybridized carbons (Fsp3) is 0.381. The van der Waals surface area contributed by atoms with E-state index < -0.39 is 26.5 Å². The third-order valence-electron chi connectivity index (χ3n) is 3.95. The molecule has 0 amide bonds. The Morgan fingerprint density at radius 2 is 1.08 bits per heavy atom. The van der Waals surface area contributed by atoms with Crippen molar-refractivity contribution in [3.8, 4) is 0 Å². The van der Waals surface area contributed by atoms with E-state index in [1.165, 1.54) is 11.1 Å². The van der Waals surface area contributed by atoms with Crippen molar-refractivity contribution in [3.05, 3.63) is 66.8 Å². The first-order valence-corrected chi connectivity index (χ1v) is 11.3. The molecule has 0 spiro atoms. The van der Waals surface area contributed by atoms with E-state index in [9.17, 15) is 9.18 Å². The second-order valence-electron chi connectivity index (χ2n) is 8.08. The van der Waals surface area contributed by atoms with Crippen LogP contribution in [0, 0.1) is 7.14 Å². The van der Waals surface area contributed by atoms with Gasteiger partial charge in [0, 0.05) is 0 Å². The zero-order valence-corrected chi connectivity index (χ0v) is 17.8. The van der Waals surface area contributed by atoms with Gasteiger partial charge in [0.1, 0.15) is 0 Å². The van der Waals surface area contributed by atoms with Crippen molar-refractivity contribution in [2.24, 2.45) is 0 Å². The molecule has 2 nitrogen and oxygen atoms in total. The van der Waals surface area contributed by atoms with E-state index in [4.69, 9.17) is 3.07 Å². The van der Waals surface area contributed by atoms with Crippen LogP contribution >= 0.6 is 20.2 Å². The Labute approximate surface area is 157 Å². The second-order valence-corrected chi connectivity index (χ2v) is 12.4. The molecule has 0 atom stereocenters. The summed E-state index contributed by atoms with van der Waals surface area (Å²) in [4.78, 5) is 11.0. The number of hydrogen-bond donors (Lipinski definition) is 0. The van der Waals surface area contributed by atoms with E-state index in [0.717, 1.165) is 7.14 Å². The van der Waals surface area contributed by atoms with Gasteiger partial charge in [0.05, 0.1) is 0 Å². The number of rotatable bonds is 3. The van der Waals surface area contributed by atoms with Crippen LogP contribution in [-0.4, -0.2) is 6.22 Å². The van der Waals surface area contributed by atoms with Crippen LogP contribution in [-0.2, 0) is 13.9 Å². The molecule has 0 aromatic heterocycles. The summed E-state index contributed by atoms with van der Waals surface area (Å²) in [6.45, 7) is 12.9. The summed E-state index contributed by atoms with van der Waals surface area (Å²) in [5, 5.41) is 0. The van der Waals surface area contributed by atoms with Crippen molar-refractivity contribution in [3.63, 3.8) is 0 Å². The molecular weight excluding hydrogens is 430 g/mol. The summed E-state index contributed by atoms with van der Waals surface area (Å²) in [6.07, 6.45) is -1.70. The number of carbonyl (C=O) groups excluding carboxylic acids is 1. The van der Waals surface area contributed by atoms with Crippen LogP contribution in [0.4, 0.5) is 9.18 Å². The van der Waals surface area contributed by atoms with Crippen molar-refractivity contribution >= 4 is 26.5 Å². The molecule has 2 aromatic carbocycles. The third kappa shape index (κ3) is 5.27. The molecule has 0 aliphatic heterocycles. The van der Waals surface area contributed by atoms with Crippen molar-refractivity contribution in [2.45, 2.75) is 52.4 Å². The molecule has 0 unspecified atom stereocenters. The Morgan fingerprint density at radius 3 is 1.32 bits per heavy atom. The van der Waals surface area contributed by atoms with Gasteiger partial charge in [-0.05, 0) is 0 Å². The minimum atomic E-state index is -2.59. The van der Waals surface area contributed by atoms with Gasteiger partial charge in [-0.1, -0.05) is 0 Å². The molecule has 0 N–H and O–H groups in total. The maximum atomic E-state index is 13.0. The van der Waals surface area contributed by atoms with Crippen molar-refractivity contribution < 1.29 is 12.3 Å². The van der Waals surface area contributed by atoms with Crippen molar-refractivity contribution in [1.29, 1.82) is 0 Å². The fourth-order valence-corrected chi connectivity index (χ4v) is 6.00. The zero-order chi connectivity index (χ0) is 18.8. The maximum absolute atomic E-state index is 13.0. The van der Waals surface area contributed by atoms with Gasteiger partial charge in [-0.25, -0.2) is 0 Å². The molecular formula is C21H26FIO2. The van der Waals surface area contributed by atoms with Gasteiger partial charge in [0.25, 0.3) is 0 Å². The number of hydrogen-bond acceptors (Lipinski definition) is 2. The SMILES string of the molecule is CC(C)(C)c1ccc(I(OC(=O)F)c2ccc(C(C)(C)C)cc2)cc1. The van der Waals surface area contributed by atoms with Gasteiger partial charge in [-0.3, -0.25) is 0 Å². The molecule has 0 bridgehead atoms. The molecule has 136 valence electrons. The van der Waals surface area contributed by atoms with Gasteiger partial charge in [0.15, 0.2) is 0 Å². The third-order valence-corrected chi connectivity index (χ3v) is 8.44. The van der Waals surface area contributed by atoms with Crippen molar-refractivity contribution in [2.75, 3.05) is 0 Å². The number of carbonyl (C=O) groups is 1. The Balaban J connectivity index is 2.38. The Morgan fingerprint density at radius 1 is 0.760 bits per heavy atom. The van der Waals surface area contributed by atoms with Gasteiger partial charge < -0.3 is 0 Å². The summed E-state index contributed by atoms with van der Waals surface area (Å²) < 4.78 is 20.0. The van der Waals surface area contributed by atoms with E-state index in [2.05, 4.69) is 41.5 Å². The quantitative estimate of drug-likeness (QED) is 0.373. The first-order chi connectivity index (χ1) is 11.5. The molecule has 25 heavy (non-hydrogen) atoms. The zero-order valence-electron chi connectivity index (χ0n) is 15.7. The number of halogens is 2. The molecule has 0 aliphatic rings. The van der Waals surface area contributed by atoms with Gasteiger partial charge in [-0.2, -0.15) is 0 Å². The number of benzene rings is 2. The van der Waals surface area contributed by atoms with Gasteiger partial charge >= 0.3 is 158 Å². The second kappa shape index (κ2) is 7.44.